The maximum absolute atomic E-state index is 13.5. The van der Waals surface area contributed by atoms with E-state index in [2.05, 4.69) is 4.72 Å². The zero-order chi connectivity index (χ0) is 18.7. The van der Waals surface area contributed by atoms with Crippen molar-refractivity contribution in [2.75, 3.05) is 13.2 Å². The lowest BCUT2D eigenvalue weighted by atomic mass is 10.0. The third-order valence-corrected chi connectivity index (χ3v) is 5.66. The number of sulfonamides is 1. The lowest BCUT2D eigenvalue weighted by molar-refractivity contribution is 0.261. The molecule has 1 unspecified atom stereocenters. The number of hydrogen-bond donors (Lipinski definition) is 1. The quantitative estimate of drug-likeness (QED) is 0.802. The van der Waals surface area contributed by atoms with Gasteiger partial charge in [0, 0.05) is 12.0 Å². The van der Waals surface area contributed by atoms with E-state index in [0.29, 0.717) is 36.7 Å². The summed E-state index contributed by atoms with van der Waals surface area (Å²) in [5.74, 6) is 0.307. The molecule has 8 heteroatoms. The minimum atomic E-state index is -3.69. The maximum Gasteiger partial charge on any atom is 0.216 e. The first-order valence-corrected chi connectivity index (χ1v) is 10.2. The van der Waals surface area contributed by atoms with Crippen molar-refractivity contribution in [1.82, 2.24) is 4.72 Å². The van der Waals surface area contributed by atoms with Crippen molar-refractivity contribution in [1.29, 1.82) is 0 Å². The third-order valence-electron chi connectivity index (χ3n) is 3.99. The smallest absolute Gasteiger partial charge is 0.216 e. The van der Waals surface area contributed by atoms with Crippen molar-refractivity contribution < 1.29 is 22.3 Å². The molecule has 1 aliphatic heterocycles. The molecule has 140 valence electrons. The van der Waals surface area contributed by atoms with Gasteiger partial charge in [0.2, 0.25) is 10.0 Å². The molecular formula is C18H19ClFNO4S. The number of fused-ring (bicyclic) bond motifs is 1. The maximum atomic E-state index is 13.5. The standard InChI is InChI=1S/C18H19ClFNO4S/c1-2-24-13-4-6-18-14(10-13)17(7-8-25-18)21-26(22,23)11-12-3-5-15(19)16(20)9-12/h3-6,9-10,17,21H,2,7-8,11H2,1H3. The summed E-state index contributed by atoms with van der Waals surface area (Å²) >= 11 is 5.64. The predicted molar refractivity (Wildman–Crippen MR) is 97.6 cm³/mol. The Kier molecular flexibility index (Phi) is 5.70. The van der Waals surface area contributed by atoms with Gasteiger partial charge in [-0.1, -0.05) is 17.7 Å². The minimum Gasteiger partial charge on any atom is -0.494 e. The normalized spacial score (nSPS) is 16.7. The molecule has 0 aliphatic carbocycles. The molecule has 1 atom stereocenters. The largest absolute Gasteiger partial charge is 0.494 e. The van der Waals surface area contributed by atoms with Gasteiger partial charge in [0.1, 0.15) is 17.3 Å². The van der Waals surface area contributed by atoms with E-state index < -0.39 is 21.9 Å². The summed E-state index contributed by atoms with van der Waals surface area (Å²) in [6.07, 6.45) is 0.497. The summed E-state index contributed by atoms with van der Waals surface area (Å²) in [5.41, 5.74) is 1.06. The SMILES string of the molecule is CCOc1ccc2c(c1)C(NS(=O)(=O)Cc1ccc(Cl)c(F)c1)CCO2. The van der Waals surface area contributed by atoms with Gasteiger partial charge in [-0.25, -0.2) is 17.5 Å². The molecule has 0 spiro atoms. The summed E-state index contributed by atoms with van der Waals surface area (Å²) in [6.45, 7) is 2.79. The molecule has 5 nitrogen and oxygen atoms in total. The molecule has 26 heavy (non-hydrogen) atoms. The van der Waals surface area contributed by atoms with Crippen LogP contribution < -0.4 is 14.2 Å². The van der Waals surface area contributed by atoms with Gasteiger partial charge in [-0.2, -0.15) is 0 Å². The molecule has 0 radical (unpaired) electrons. The molecule has 0 saturated carbocycles. The second-order valence-electron chi connectivity index (χ2n) is 5.95. The van der Waals surface area contributed by atoms with E-state index in [9.17, 15) is 12.8 Å². The van der Waals surface area contributed by atoms with Gasteiger partial charge >= 0.3 is 0 Å². The zero-order valence-electron chi connectivity index (χ0n) is 14.2. The van der Waals surface area contributed by atoms with Crippen molar-refractivity contribution in [2.24, 2.45) is 0 Å². The van der Waals surface area contributed by atoms with Crippen LogP contribution in [-0.4, -0.2) is 21.6 Å². The van der Waals surface area contributed by atoms with Gasteiger partial charge in [-0.3, -0.25) is 0 Å². The highest BCUT2D eigenvalue weighted by Crippen LogP contribution is 2.35. The van der Waals surface area contributed by atoms with Crippen LogP contribution in [0.25, 0.3) is 0 Å². The van der Waals surface area contributed by atoms with Crippen molar-refractivity contribution in [3.8, 4) is 11.5 Å². The van der Waals surface area contributed by atoms with E-state index in [0.717, 1.165) is 11.6 Å². The first-order valence-electron chi connectivity index (χ1n) is 8.21. The van der Waals surface area contributed by atoms with E-state index in [1.54, 1.807) is 18.2 Å². The molecular weight excluding hydrogens is 381 g/mol. The first-order chi connectivity index (χ1) is 12.4. The summed E-state index contributed by atoms with van der Waals surface area (Å²) in [5, 5.41) is -0.0408. The molecule has 2 aromatic rings. The van der Waals surface area contributed by atoms with E-state index in [4.69, 9.17) is 21.1 Å². The van der Waals surface area contributed by atoms with Crippen LogP contribution in [0.1, 0.15) is 30.5 Å². The Labute approximate surface area is 157 Å². The van der Waals surface area contributed by atoms with Crippen LogP contribution in [0, 0.1) is 5.82 Å². The number of hydrogen-bond acceptors (Lipinski definition) is 4. The molecule has 0 bridgehead atoms. The summed E-state index contributed by atoms with van der Waals surface area (Å²) in [7, 11) is -3.69. The summed E-state index contributed by atoms with van der Waals surface area (Å²) < 4.78 is 52.4. The Morgan fingerprint density at radius 2 is 2.12 bits per heavy atom. The summed E-state index contributed by atoms with van der Waals surface area (Å²) in [6, 6.07) is 8.89. The fourth-order valence-electron chi connectivity index (χ4n) is 2.86. The second-order valence-corrected chi connectivity index (χ2v) is 8.11. The van der Waals surface area contributed by atoms with Gasteiger partial charge in [0.15, 0.2) is 0 Å². The van der Waals surface area contributed by atoms with E-state index in [-0.39, 0.29) is 10.8 Å². The average Bonchev–Trinajstić information content (AvgIpc) is 2.58. The molecule has 0 aromatic heterocycles. The Balaban J connectivity index is 1.80. The van der Waals surface area contributed by atoms with Crippen LogP contribution in [0.4, 0.5) is 4.39 Å². The van der Waals surface area contributed by atoms with Crippen LogP contribution >= 0.6 is 11.6 Å². The minimum absolute atomic E-state index is 0.0408. The molecule has 1 N–H and O–H groups in total. The first kappa shape index (κ1) is 18.9. The monoisotopic (exact) mass is 399 g/mol. The molecule has 0 fully saturated rings. The van der Waals surface area contributed by atoms with E-state index >= 15 is 0 Å². The fourth-order valence-corrected chi connectivity index (χ4v) is 4.36. The molecule has 2 aromatic carbocycles. The van der Waals surface area contributed by atoms with E-state index in [1.807, 2.05) is 6.92 Å². The number of ether oxygens (including phenoxy) is 2. The number of nitrogens with one attached hydrogen (secondary N) is 1. The van der Waals surface area contributed by atoms with Crippen molar-refractivity contribution >= 4 is 21.6 Å². The molecule has 3 rings (SSSR count). The highest BCUT2D eigenvalue weighted by atomic mass is 35.5. The Morgan fingerprint density at radius 3 is 2.85 bits per heavy atom. The van der Waals surface area contributed by atoms with Gasteiger partial charge in [-0.05, 0) is 42.8 Å². The van der Waals surface area contributed by atoms with Gasteiger partial charge in [0.05, 0.1) is 30.0 Å². The van der Waals surface area contributed by atoms with Gasteiger partial charge < -0.3 is 9.47 Å². The Morgan fingerprint density at radius 1 is 1.31 bits per heavy atom. The molecule has 1 aliphatic rings. The molecule has 0 saturated heterocycles. The number of benzene rings is 2. The van der Waals surface area contributed by atoms with Gasteiger partial charge in [0.25, 0.3) is 0 Å². The third kappa shape index (κ3) is 4.47. The number of halogens is 2. The Bertz CT molecular complexity index is 904. The second kappa shape index (κ2) is 7.82. The van der Waals surface area contributed by atoms with Crippen LogP contribution in [0.2, 0.25) is 5.02 Å². The highest BCUT2D eigenvalue weighted by Gasteiger charge is 2.26. The molecule has 1 heterocycles. The lowest BCUT2D eigenvalue weighted by Crippen LogP contribution is -2.33. The van der Waals surface area contributed by atoms with Crippen molar-refractivity contribution in [2.45, 2.75) is 25.1 Å². The van der Waals surface area contributed by atoms with Crippen LogP contribution in [-0.2, 0) is 15.8 Å². The van der Waals surface area contributed by atoms with Crippen molar-refractivity contribution in [3.05, 3.63) is 58.4 Å². The average molecular weight is 400 g/mol. The Hall–Kier alpha value is -1.83. The highest BCUT2D eigenvalue weighted by molar-refractivity contribution is 7.88. The molecule has 0 amide bonds. The van der Waals surface area contributed by atoms with Gasteiger partial charge in [-0.15, -0.1) is 0 Å². The lowest BCUT2D eigenvalue weighted by Gasteiger charge is -2.27. The zero-order valence-corrected chi connectivity index (χ0v) is 15.7. The topological polar surface area (TPSA) is 64.6 Å². The van der Waals surface area contributed by atoms with E-state index in [1.165, 1.54) is 12.1 Å². The van der Waals surface area contributed by atoms with Crippen LogP contribution in [0.3, 0.4) is 0 Å². The number of rotatable bonds is 6. The predicted octanol–water partition coefficient (Wildman–Crippen LogP) is 3.82. The van der Waals surface area contributed by atoms with Crippen molar-refractivity contribution in [3.63, 3.8) is 0 Å². The van der Waals surface area contributed by atoms with Crippen LogP contribution in [0.5, 0.6) is 11.5 Å². The fraction of sp³-hybridized carbons (Fsp3) is 0.333. The van der Waals surface area contributed by atoms with Crippen LogP contribution in [0.15, 0.2) is 36.4 Å². The summed E-state index contributed by atoms with van der Waals surface area (Å²) in [4.78, 5) is 0.